The van der Waals surface area contributed by atoms with Gasteiger partial charge in [-0.15, -0.1) is 0 Å². The van der Waals surface area contributed by atoms with Crippen molar-refractivity contribution in [2.24, 2.45) is 0 Å². The largest absolute Gasteiger partial charge is 0.496 e. The van der Waals surface area contributed by atoms with E-state index >= 15 is 0 Å². The van der Waals surface area contributed by atoms with E-state index in [9.17, 15) is 4.79 Å². The Hall–Kier alpha value is -2.45. The first-order valence-corrected chi connectivity index (χ1v) is 9.22. The topological polar surface area (TPSA) is 72.7 Å². The molecule has 0 bridgehead atoms. The normalized spacial score (nSPS) is 23.3. The minimum atomic E-state index is 0.0920. The molecule has 1 amide bonds. The van der Waals surface area contributed by atoms with E-state index in [-0.39, 0.29) is 18.1 Å². The van der Waals surface area contributed by atoms with Crippen LogP contribution in [0.3, 0.4) is 0 Å². The molecule has 144 valence electrons. The van der Waals surface area contributed by atoms with E-state index < -0.39 is 0 Å². The fourth-order valence-electron chi connectivity index (χ4n) is 3.96. The SMILES string of the molecule is COc1ccc(CN2C[C@@H]3OCCC(=O)N(C)[C@H]3C2)cc1Cn1cncn1. The first-order valence-electron chi connectivity index (χ1n) is 9.22. The smallest absolute Gasteiger partial charge is 0.225 e. The highest BCUT2D eigenvalue weighted by Crippen LogP contribution is 2.26. The first kappa shape index (κ1) is 17.9. The number of aromatic nitrogens is 3. The molecular formula is C19H25N5O3. The predicted molar refractivity (Wildman–Crippen MR) is 98.3 cm³/mol. The number of nitrogens with zero attached hydrogens (tertiary/aromatic N) is 5. The van der Waals surface area contributed by atoms with E-state index in [1.165, 1.54) is 11.9 Å². The highest BCUT2D eigenvalue weighted by molar-refractivity contribution is 5.76. The van der Waals surface area contributed by atoms with Crippen molar-refractivity contribution in [3.05, 3.63) is 42.0 Å². The molecule has 0 saturated carbocycles. The monoisotopic (exact) mass is 371 g/mol. The van der Waals surface area contributed by atoms with Crippen molar-refractivity contribution >= 4 is 5.91 Å². The number of carbonyl (C=O) groups is 1. The van der Waals surface area contributed by atoms with Gasteiger partial charge in [0.1, 0.15) is 18.4 Å². The van der Waals surface area contributed by atoms with Crippen LogP contribution in [-0.4, -0.2) is 76.5 Å². The summed E-state index contributed by atoms with van der Waals surface area (Å²) in [6, 6.07) is 6.38. The summed E-state index contributed by atoms with van der Waals surface area (Å²) in [6.07, 6.45) is 3.80. The molecule has 2 atom stereocenters. The van der Waals surface area contributed by atoms with Gasteiger partial charge in [-0.1, -0.05) is 6.07 Å². The molecular weight excluding hydrogens is 346 g/mol. The Morgan fingerprint density at radius 2 is 2.19 bits per heavy atom. The van der Waals surface area contributed by atoms with E-state index in [1.54, 1.807) is 18.1 Å². The molecule has 1 aromatic carbocycles. The Kier molecular flexibility index (Phi) is 5.09. The third-order valence-corrected chi connectivity index (χ3v) is 5.40. The number of ether oxygens (including phenoxy) is 2. The molecule has 8 nitrogen and oxygen atoms in total. The van der Waals surface area contributed by atoms with Crippen LogP contribution in [0.4, 0.5) is 0 Å². The van der Waals surface area contributed by atoms with Crippen LogP contribution >= 0.6 is 0 Å². The Morgan fingerprint density at radius 1 is 1.30 bits per heavy atom. The van der Waals surface area contributed by atoms with Crippen molar-refractivity contribution in [2.75, 3.05) is 33.9 Å². The fourth-order valence-corrected chi connectivity index (χ4v) is 3.96. The quantitative estimate of drug-likeness (QED) is 0.773. The Labute approximate surface area is 158 Å². The van der Waals surface area contributed by atoms with Crippen LogP contribution in [0.2, 0.25) is 0 Å². The number of methoxy groups -OCH3 is 1. The zero-order valence-electron chi connectivity index (χ0n) is 15.7. The van der Waals surface area contributed by atoms with Gasteiger partial charge in [0.05, 0.1) is 38.8 Å². The number of hydrogen-bond donors (Lipinski definition) is 0. The maximum absolute atomic E-state index is 12.1. The lowest BCUT2D eigenvalue weighted by Crippen LogP contribution is -2.42. The van der Waals surface area contributed by atoms with Crippen molar-refractivity contribution < 1.29 is 14.3 Å². The molecule has 0 spiro atoms. The molecule has 4 rings (SSSR count). The number of carbonyl (C=O) groups excluding carboxylic acids is 1. The third kappa shape index (κ3) is 3.81. The summed E-state index contributed by atoms with van der Waals surface area (Å²) in [5.41, 5.74) is 2.27. The van der Waals surface area contributed by atoms with Crippen molar-refractivity contribution in [3.63, 3.8) is 0 Å². The van der Waals surface area contributed by atoms with Gasteiger partial charge in [0.15, 0.2) is 0 Å². The second kappa shape index (κ2) is 7.66. The van der Waals surface area contributed by atoms with Gasteiger partial charge in [-0.25, -0.2) is 9.67 Å². The number of fused-ring (bicyclic) bond motifs is 1. The van der Waals surface area contributed by atoms with E-state index in [0.29, 0.717) is 19.6 Å². The highest BCUT2D eigenvalue weighted by Gasteiger charge is 2.39. The summed E-state index contributed by atoms with van der Waals surface area (Å²) in [6.45, 7) is 3.61. The molecule has 0 radical (unpaired) electrons. The Bertz CT molecular complexity index is 795. The molecule has 2 aliphatic rings. The van der Waals surface area contributed by atoms with Gasteiger partial charge >= 0.3 is 0 Å². The van der Waals surface area contributed by atoms with Crippen LogP contribution in [0.25, 0.3) is 0 Å². The lowest BCUT2D eigenvalue weighted by molar-refractivity contribution is -0.131. The van der Waals surface area contributed by atoms with Gasteiger partial charge in [-0.05, 0) is 17.7 Å². The van der Waals surface area contributed by atoms with Crippen molar-refractivity contribution in [2.45, 2.75) is 31.7 Å². The second-order valence-corrected chi connectivity index (χ2v) is 7.16. The van der Waals surface area contributed by atoms with Gasteiger partial charge in [-0.2, -0.15) is 5.10 Å². The van der Waals surface area contributed by atoms with Gasteiger partial charge in [0.2, 0.25) is 5.91 Å². The van der Waals surface area contributed by atoms with Crippen LogP contribution in [0.15, 0.2) is 30.9 Å². The summed E-state index contributed by atoms with van der Waals surface area (Å²) in [4.78, 5) is 20.3. The van der Waals surface area contributed by atoms with Gasteiger partial charge < -0.3 is 14.4 Å². The standard InChI is InChI=1S/C19H25N5O3/c1-22-16-10-23(11-18(16)27-6-5-19(22)25)8-14-3-4-17(26-2)15(7-14)9-24-13-20-12-21-24/h3-4,7,12-13,16,18H,5-6,8-11H2,1-2H3/t16-,18-/m0/s1. The molecule has 2 aliphatic heterocycles. The van der Waals surface area contributed by atoms with Crippen molar-refractivity contribution in [1.82, 2.24) is 24.6 Å². The van der Waals surface area contributed by atoms with E-state index in [0.717, 1.165) is 30.9 Å². The summed E-state index contributed by atoms with van der Waals surface area (Å²) in [5, 5.41) is 4.18. The lowest BCUT2D eigenvalue weighted by Gasteiger charge is -2.25. The number of benzene rings is 1. The molecule has 27 heavy (non-hydrogen) atoms. The Morgan fingerprint density at radius 3 is 2.96 bits per heavy atom. The number of likely N-dealkylation sites (N-methyl/N-ethyl adjacent to an activating group) is 1. The highest BCUT2D eigenvalue weighted by atomic mass is 16.5. The molecule has 0 N–H and O–H groups in total. The maximum atomic E-state index is 12.1. The number of hydrogen-bond acceptors (Lipinski definition) is 6. The molecule has 3 heterocycles. The zero-order chi connectivity index (χ0) is 18.8. The minimum absolute atomic E-state index is 0.0920. The Balaban J connectivity index is 1.47. The van der Waals surface area contributed by atoms with Crippen LogP contribution in [0.5, 0.6) is 5.75 Å². The zero-order valence-corrected chi connectivity index (χ0v) is 15.7. The average Bonchev–Trinajstić information content (AvgIpc) is 3.29. The van der Waals surface area contributed by atoms with Gasteiger partial charge in [-0.3, -0.25) is 9.69 Å². The molecule has 8 heteroatoms. The molecule has 2 aromatic rings. The van der Waals surface area contributed by atoms with Crippen LogP contribution < -0.4 is 4.74 Å². The summed E-state index contributed by atoms with van der Waals surface area (Å²) in [5.74, 6) is 1.01. The maximum Gasteiger partial charge on any atom is 0.225 e. The summed E-state index contributed by atoms with van der Waals surface area (Å²) in [7, 11) is 3.57. The number of rotatable bonds is 5. The lowest BCUT2D eigenvalue weighted by atomic mass is 10.1. The van der Waals surface area contributed by atoms with E-state index in [4.69, 9.17) is 9.47 Å². The minimum Gasteiger partial charge on any atom is -0.496 e. The molecule has 2 saturated heterocycles. The predicted octanol–water partition coefficient (Wildman–Crippen LogP) is 0.766. The molecule has 1 aromatic heterocycles. The number of likely N-dealkylation sites (tertiary alicyclic amines) is 1. The number of amides is 1. The van der Waals surface area contributed by atoms with Gasteiger partial charge in [0, 0.05) is 32.2 Å². The van der Waals surface area contributed by atoms with Gasteiger partial charge in [0.25, 0.3) is 0 Å². The first-order chi connectivity index (χ1) is 13.1. The molecule has 0 aliphatic carbocycles. The molecule has 2 fully saturated rings. The van der Waals surface area contributed by atoms with Crippen molar-refractivity contribution in [1.29, 1.82) is 0 Å². The fraction of sp³-hybridized carbons (Fsp3) is 0.526. The third-order valence-electron chi connectivity index (χ3n) is 5.40. The van der Waals surface area contributed by atoms with Crippen molar-refractivity contribution in [3.8, 4) is 5.75 Å². The summed E-state index contributed by atoms with van der Waals surface area (Å²) < 4.78 is 13.2. The van der Waals surface area contributed by atoms with E-state index in [2.05, 4.69) is 27.1 Å². The summed E-state index contributed by atoms with van der Waals surface area (Å²) >= 11 is 0. The van der Waals surface area contributed by atoms with E-state index in [1.807, 2.05) is 18.0 Å². The molecule has 0 unspecified atom stereocenters. The average molecular weight is 371 g/mol. The van der Waals surface area contributed by atoms with Crippen LogP contribution in [-0.2, 0) is 22.6 Å². The second-order valence-electron chi connectivity index (χ2n) is 7.16. The van der Waals surface area contributed by atoms with Crippen LogP contribution in [0, 0.1) is 0 Å². The van der Waals surface area contributed by atoms with Crippen LogP contribution in [0.1, 0.15) is 17.5 Å².